The maximum Gasteiger partial charge on any atom is 0.189 e. The standard InChI is InChI=1S/C22H23NO4/c1-25-16-8-4-14(5-9-16)13-23-18(15-6-7-15)11-20(24)17-10-21(26-2)22(27-3)12-19(17)23/h4-5,8-12,15H,6-7,13H2,1-3H3. The van der Waals surface area contributed by atoms with Crippen LogP contribution in [0, 0.1) is 0 Å². The van der Waals surface area contributed by atoms with Crippen molar-refractivity contribution in [1.29, 1.82) is 0 Å². The van der Waals surface area contributed by atoms with Crippen LogP contribution in [-0.4, -0.2) is 25.9 Å². The van der Waals surface area contributed by atoms with Gasteiger partial charge in [-0.05, 0) is 42.5 Å². The Kier molecular flexibility index (Phi) is 4.52. The molecule has 27 heavy (non-hydrogen) atoms. The lowest BCUT2D eigenvalue weighted by Crippen LogP contribution is -2.15. The molecule has 2 aromatic carbocycles. The third kappa shape index (κ3) is 3.25. The number of ether oxygens (including phenoxy) is 3. The lowest BCUT2D eigenvalue weighted by atomic mass is 10.1. The van der Waals surface area contributed by atoms with Crippen molar-refractivity contribution in [2.24, 2.45) is 0 Å². The van der Waals surface area contributed by atoms with E-state index in [1.807, 2.05) is 18.2 Å². The first-order valence-corrected chi connectivity index (χ1v) is 9.07. The van der Waals surface area contributed by atoms with Crippen molar-refractivity contribution in [3.63, 3.8) is 0 Å². The van der Waals surface area contributed by atoms with E-state index in [2.05, 4.69) is 16.7 Å². The van der Waals surface area contributed by atoms with Crippen LogP contribution in [0.3, 0.4) is 0 Å². The Balaban J connectivity index is 1.90. The molecule has 1 fully saturated rings. The van der Waals surface area contributed by atoms with Crippen LogP contribution >= 0.6 is 0 Å². The van der Waals surface area contributed by atoms with E-state index in [1.54, 1.807) is 33.5 Å². The SMILES string of the molecule is COc1ccc(Cn2c(C3CC3)cc(=O)c3cc(OC)c(OC)cc32)cc1. The lowest BCUT2D eigenvalue weighted by Gasteiger charge is -2.19. The minimum Gasteiger partial charge on any atom is -0.497 e. The first-order valence-electron chi connectivity index (χ1n) is 9.07. The van der Waals surface area contributed by atoms with Crippen LogP contribution in [0.5, 0.6) is 17.2 Å². The van der Waals surface area contributed by atoms with Crippen molar-refractivity contribution < 1.29 is 14.2 Å². The summed E-state index contributed by atoms with van der Waals surface area (Å²) in [6.07, 6.45) is 2.25. The molecule has 0 bridgehead atoms. The van der Waals surface area contributed by atoms with E-state index in [4.69, 9.17) is 14.2 Å². The molecule has 0 atom stereocenters. The summed E-state index contributed by atoms with van der Waals surface area (Å²) in [5, 5.41) is 0.644. The zero-order valence-corrected chi connectivity index (χ0v) is 15.8. The highest BCUT2D eigenvalue weighted by atomic mass is 16.5. The van der Waals surface area contributed by atoms with Gasteiger partial charge in [0.05, 0.1) is 26.8 Å². The molecule has 3 aromatic rings. The van der Waals surface area contributed by atoms with Gasteiger partial charge in [0, 0.05) is 29.8 Å². The van der Waals surface area contributed by atoms with Gasteiger partial charge in [0.2, 0.25) is 0 Å². The number of methoxy groups -OCH3 is 3. The number of hydrogen-bond donors (Lipinski definition) is 0. The van der Waals surface area contributed by atoms with Crippen molar-refractivity contribution in [2.45, 2.75) is 25.3 Å². The van der Waals surface area contributed by atoms with Crippen LogP contribution in [-0.2, 0) is 6.54 Å². The maximum absolute atomic E-state index is 12.8. The number of benzene rings is 2. The first kappa shape index (κ1) is 17.5. The van der Waals surface area contributed by atoms with E-state index in [1.165, 1.54) is 0 Å². The molecule has 0 saturated heterocycles. The molecule has 1 aliphatic rings. The van der Waals surface area contributed by atoms with Crippen molar-refractivity contribution in [1.82, 2.24) is 4.57 Å². The molecule has 5 heteroatoms. The normalized spacial score (nSPS) is 13.6. The smallest absolute Gasteiger partial charge is 0.189 e. The minimum absolute atomic E-state index is 0.0267. The summed E-state index contributed by atoms with van der Waals surface area (Å²) in [7, 11) is 4.85. The highest BCUT2D eigenvalue weighted by Crippen LogP contribution is 2.41. The molecular formula is C22H23NO4. The highest BCUT2D eigenvalue weighted by Gasteiger charge is 2.28. The van der Waals surface area contributed by atoms with Gasteiger partial charge < -0.3 is 18.8 Å². The lowest BCUT2D eigenvalue weighted by molar-refractivity contribution is 0.355. The minimum atomic E-state index is 0.0267. The second-order valence-corrected chi connectivity index (χ2v) is 6.87. The zero-order chi connectivity index (χ0) is 19.0. The molecule has 0 aliphatic heterocycles. The molecule has 0 spiro atoms. The Hall–Kier alpha value is -2.95. The number of fused-ring (bicyclic) bond motifs is 1. The Labute approximate surface area is 158 Å². The molecule has 1 aliphatic carbocycles. The summed E-state index contributed by atoms with van der Waals surface area (Å²) < 4.78 is 18.4. The summed E-state index contributed by atoms with van der Waals surface area (Å²) in [5.41, 5.74) is 3.14. The zero-order valence-electron chi connectivity index (χ0n) is 15.8. The van der Waals surface area contributed by atoms with Gasteiger partial charge in [-0.25, -0.2) is 0 Å². The van der Waals surface area contributed by atoms with Gasteiger partial charge in [-0.2, -0.15) is 0 Å². The summed E-state index contributed by atoms with van der Waals surface area (Å²) in [6, 6.07) is 13.5. The number of nitrogens with zero attached hydrogens (tertiary/aromatic N) is 1. The third-order valence-corrected chi connectivity index (χ3v) is 5.14. The average Bonchev–Trinajstić information content (AvgIpc) is 3.54. The van der Waals surface area contributed by atoms with E-state index in [-0.39, 0.29) is 5.43 Å². The van der Waals surface area contributed by atoms with E-state index in [0.717, 1.165) is 35.4 Å². The fourth-order valence-electron chi connectivity index (χ4n) is 3.53. The predicted octanol–water partition coefficient (Wildman–Crippen LogP) is 3.95. The maximum atomic E-state index is 12.8. The van der Waals surface area contributed by atoms with Gasteiger partial charge in [-0.15, -0.1) is 0 Å². The topological polar surface area (TPSA) is 49.7 Å². The van der Waals surface area contributed by atoms with Crippen LogP contribution in [0.4, 0.5) is 0 Å². The first-order chi connectivity index (χ1) is 13.1. The van der Waals surface area contributed by atoms with E-state index < -0.39 is 0 Å². The van der Waals surface area contributed by atoms with Gasteiger partial charge in [0.25, 0.3) is 0 Å². The van der Waals surface area contributed by atoms with Gasteiger partial charge >= 0.3 is 0 Å². The largest absolute Gasteiger partial charge is 0.497 e. The van der Waals surface area contributed by atoms with Gasteiger partial charge in [-0.3, -0.25) is 4.79 Å². The van der Waals surface area contributed by atoms with Crippen LogP contribution < -0.4 is 19.6 Å². The van der Waals surface area contributed by atoms with Crippen molar-refractivity contribution in [2.75, 3.05) is 21.3 Å². The Morgan fingerprint density at radius 2 is 1.59 bits per heavy atom. The number of aromatic nitrogens is 1. The molecule has 0 amide bonds. The summed E-state index contributed by atoms with van der Waals surface area (Å²) in [6.45, 7) is 0.683. The second kappa shape index (κ2) is 6.99. The molecule has 1 saturated carbocycles. The number of hydrogen-bond acceptors (Lipinski definition) is 4. The van der Waals surface area contributed by atoms with Gasteiger partial charge in [0.15, 0.2) is 16.9 Å². The van der Waals surface area contributed by atoms with Crippen LogP contribution in [0.15, 0.2) is 47.3 Å². The Bertz CT molecular complexity index is 1030. The molecule has 140 valence electrons. The summed E-state index contributed by atoms with van der Waals surface area (Å²) in [4.78, 5) is 12.8. The monoisotopic (exact) mass is 365 g/mol. The van der Waals surface area contributed by atoms with E-state index in [9.17, 15) is 4.79 Å². The van der Waals surface area contributed by atoms with Crippen molar-refractivity contribution in [3.8, 4) is 17.2 Å². The molecule has 1 aromatic heterocycles. The van der Waals surface area contributed by atoms with Crippen molar-refractivity contribution in [3.05, 3.63) is 63.9 Å². The number of rotatable bonds is 6. The second-order valence-electron chi connectivity index (χ2n) is 6.87. The predicted molar refractivity (Wildman–Crippen MR) is 105 cm³/mol. The van der Waals surface area contributed by atoms with E-state index >= 15 is 0 Å². The summed E-state index contributed by atoms with van der Waals surface area (Å²) >= 11 is 0. The fraction of sp³-hybridized carbons (Fsp3) is 0.318. The highest BCUT2D eigenvalue weighted by molar-refractivity contribution is 5.83. The van der Waals surface area contributed by atoms with Gasteiger partial charge in [-0.1, -0.05) is 12.1 Å². The molecule has 1 heterocycles. The van der Waals surface area contributed by atoms with Crippen LogP contribution in [0.1, 0.15) is 30.0 Å². The van der Waals surface area contributed by atoms with Gasteiger partial charge in [0.1, 0.15) is 5.75 Å². The average molecular weight is 365 g/mol. The molecule has 0 unspecified atom stereocenters. The Morgan fingerprint density at radius 1 is 0.926 bits per heavy atom. The molecule has 0 N–H and O–H groups in total. The quantitative estimate of drug-likeness (QED) is 0.664. The van der Waals surface area contributed by atoms with Crippen molar-refractivity contribution >= 4 is 10.9 Å². The van der Waals surface area contributed by atoms with E-state index in [0.29, 0.717) is 29.3 Å². The van der Waals surface area contributed by atoms with Crippen LogP contribution in [0.25, 0.3) is 10.9 Å². The molecular weight excluding hydrogens is 342 g/mol. The fourth-order valence-corrected chi connectivity index (χ4v) is 3.53. The third-order valence-electron chi connectivity index (χ3n) is 5.14. The van der Waals surface area contributed by atoms with Crippen LogP contribution in [0.2, 0.25) is 0 Å². The number of pyridine rings is 1. The Morgan fingerprint density at radius 3 is 2.19 bits per heavy atom. The summed E-state index contributed by atoms with van der Waals surface area (Å²) in [5.74, 6) is 2.48. The molecule has 5 nitrogen and oxygen atoms in total. The molecule has 4 rings (SSSR count). The molecule has 0 radical (unpaired) electrons.